The first-order valence-corrected chi connectivity index (χ1v) is 17.7. The lowest BCUT2D eigenvalue weighted by atomic mass is 10.0. The number of nitrogens with one attached hydrogen (secondary N) is 1. The monoisotopic (exact) mass is 653 g/mol. The molecule has 1 fully saturated rings. The van der Waals surface area contributed by atoms with Crippen molar-refractivity contribution in [2.24, 2.45) is 0 Å². The fraction of sp³-hybridized carbons (Fsp3) is 0.316. The number of nitrogens with zero attached hydrogens (tertiary/aromatic N) is 2. The molecule has 0 aromatic heterocycles. The van der Waals surface area contributed by atoms with Crippen LogP contribution in [0.25, 0.3) is 0 Å². The van der Waals surface area contributed by atoms with Gasteiger partial charge in [-0.15, -0.1) is 0 Å². The first-order chi connectivity index (χ1) is 22.8. The Morgan fingerprint density at radius 1 is 0.851 bits per heavy atom. The van der Waals surface area contributed by atoms with Crippen LogP contribution in [-0.2, 0) is 32.6 Å². The first-order valence-electron chi connectivity index (χ1n) is 16.3. The molecule has 0 saturated heterocycles. The molecule has 0 bridgehead atoms. The van der Waals surface area contributed by atoms with Crippen molar-refractivity contribution in [3.8, 4) is 5.75 Å². The number of amides is 2. The Kier molecular flexibility index (Phi) is 11.3. The number of carbonyl (C=O) groups excluding carboxylic acids is 2. The molecule has 1 unspecified atom stereocenters. The number of rotatable bonds is 14. The third kappa shape index (κ3) is 8.40. The summed E-state index contributed by atoms with van der Waals surface area (Å²) in [5, 5.41) is 3.22. The van der Waals surface area contributed by atoms with E-state index in [0.717, 1.165) is 46.7 Å². The van der Waals surface area contributed by atoms with E-state index in [-0.39, 0.29) is 35.5 Å². The van der Waals surface area contributed by atoms with Crippen molar-refractivity contribution in [3.05, 3.63) is 126 Å². The van der Waals surface area contributed by atoms with E-state index in [2.05, 4.69) is 5.32 Å². The molecule has 4 aromatic rings. The summed E-state index contributed by atoms with van der Waals surface area (Å²) >= 11 is 0. The Hall–Kier alpha value is -4.63. The number of para-hydroxylation sites is 2. The van der Waals surface area contributed by atoms with Gasteiger partial charge < -0.3 is 15.0 Å². The second kappa shape index (κ2) is 15.8. The highest BCUT2D eigenvalue weighted by atomic mass is 32.2. The Balaban J connectivity index is 1.59. The van der Waals surface area contributed by atoms with Gasteiger partial charge in [0.25, 0.3) is 10.0 Å². The quantitative estimate of drug-likeness (QED) is 0.173. The molecule has 246 valence electrons. The predicted molar refractivity (Wildman–Crippen MR) is 185 cm³/mol. The normalized spacial score (nSPS) is 13.9. The lowest BCUT2D eigenvalue weighted by Crippen LogP contribution is -2.54. The average molecular weight is 654 g/mol. The van der Waals surface area contributed by atoms with Gasteiger partial charge in [-0.2, -0.15) is 0 Å². The molecule has 9 heteroatoms. The highest BCUT2D eigenvalue weighted by molar-refractivity contribution is 7.92. The highest BCUT2D eigenvalue weighted by Gasteiger charge is 2.36. The van der Waals surface area contributed by atoms with E-state index in [1.165, 1.54) is 12.1 Å². The minimum atomic E-state index is -4.22. The van der Waals surface area contributed by atoms with E-state index in [0.29, 0.717) is 12.4 Å². The molecule has 1 aliphatic carbocycles. The Morgan fingerprint density at radius 2 is 1.47 bits per heavy atom. The second-order valence-corrected chi connectivity index (χ2v) is 13.7. The number of aryl methyl sites for hydroxylation is 1. The fourth-order valence-electron chi connectivity index (χ4n) is 6.07. The van der Waals surface area contributed by atoms with Crippen molar-refractivity contribution in [3.63, 3.8) is 0 Å². The number of anilines is 1. The van der Waals surface area contributed by atoms with Crippen molar-refractivity contribution >= 4 is 27.5 Å². The summed E-state index contributed by atoms with van der Waals surface area (Å²) < 4.78 is 35.6. The molecule has 47 heavy (non-hydrogen) atoms. The second-order valence-electron chi connectivity index (χ2n) is 11.9. The Morgan fingerprint density at radius 3 is 2.15 bits per heavy atom. The van der Waals surface area contributed by atoms with Crippen LogP contribution in [0.5, 0.6) is 5.75 Å². The molecule has 1 N–H and O–H groups in total. The van der Waals surface area contributed by atoms with Crippen molar-refractivity contribution in [1.82, 2.24) is 10.2 Å². The van der Waals surface area contributed by atoms with Gasteiger partial charge in [0, 0.05) is 19.0 Å². The van der Waals surface area contributed by atoms with Crippen LogP contribution >= 0.6 is 0 Å². The number of benzene rings is 4. The van der Waals surface area contributed by atoms with Crippen LogP contribution in [0.4, 0.5) is 5.69 Å². The van der Waals surface area contributed by atoms with E-state index >= 15 is 0 Å². The first kappa shape index (κ1) is 33.7. The van der Waals surface area contributed by atoms with E-state index in [1.54, 1.807) is 47.4 Å². The SMILES string of the molecule is CCOc1ccccc1N(CC(=O)N(Cc1ccccc1C)C(Cc1ccccc1)C(=O)NC1CCCC1)S(=O)(=O)c1ccccc1. The molecular weight excluding hydrogens is 611 g/mol. The summed E-state index contributed by atoms with van der Waals surface area (Å²) in [5.74, 6) is -0.399. The van der Waals surface area contributed by atoms with Gasteiger partial charge in [0.1, 0.15) is 18.3 Å². The van der Waals surface area contributed by atoms with E-state index in [9.17, 15) is 18.0 Å². The average Bonchev–Trinajstić information content (AvgIpc) is 3.60. The zero-order valence-corrected chi connectivity index (χ0v) is 27.9. The minimum Gasteiger partial charge on any atom is -0.492 e. The molecule has 0 aliphatic heterocycles. The summed E-state index contributed by atoms with van der Waals surface area (Å²) in [7, 11) is -4.22. The largest absolute Gasteiger partial charge is 0.492 e. The van der Waals surface area contributed by atoms with Gasteiger partial charge in [-0.25, -0.2) is 8.42 Å². The van der Waals surface area contributed by atoms with Crippen LogP contribution < -0.4 is 14.4 Å². The van der Waals surface area contributed by atoms with E-state index in [1.807, 2.05) is 68.4 Å². The number of ether oxygens (including phenoxy) is 1. The van der Waals surface area contributed by atoms with E-state index in [4.69, 9.17) is 4.74 Å². The zero-order valence-electron chi connectivity index (χ0n) is 27.0. The zero-order chi connectivity index (χ0) is 33.2. The number of hydrogen-bond donors (Lipinski definition) is 1. The van der Waals surface area contributed by atoms with Gasteiger partial charge in [0.15, 0.2) is 0 Å². The summed E-state index contributed by atoms with van der Waals surface area (Å²) in [4.78, 5) is 30.5. The van der Waals surface area contributed by atoms with Crippen molar-refractivity contribution < 1.29 is 22.7 Å². The lowest BCUT2D eigenvalue weighted by Gasteiger charge is -2.35. The minimum absolute atomic E-state index is 0.0456. The maximum atomic E-state index is 14.8. The Labute approximate surface area is 278 Å². The summed E-state index contributed by atoms with van der Waals surface area (Å²) in [6.45, 7) is 3.69. The topological polar surface area (TPSA) is 96.0 Å². The standard InChI is InChI=1S/C38H43N3O5S/c1-3-46-36-25-15-14-24-34(36)41(47(44,45)33-22-8-5-9-23-33)28-37(42)40(27-31-19-11-10-16-29(31)2)35(26-30-17-6-4-7-18-30)38(43)39-32-20-12-13-21-32/h4-11,14-19,22-25,32,35H,3,12-13,20-21,26-28H2,1-2H3,(H,39,43). The van der Waals surface area contributed by atoms with Crippen LogP contribution in [0.3, 0.4) is 0 Å². The number of carbonyl (C=O) groups is 2. The summed E-state index contributed by atoms with van der Waals surface area (Å²) in [6, 6.07) is 31.4. The molecule has 0 heterocycles. The van der Waals surface area contributed by atoms with E-state index < -0.39 is 28.5 Å². The third-order valence-corrected chi connectivity index (χ3v) is 10.4. The molecular formula is C38H43N3O5S. The van der Waals surface area contributed by atoms with Crippen LogP contribution in [0, 0.1) is 6.92 Å². The maximum absolute atomic E-state index is 14.8. The molecule has 1 atom stereocenters. The molecule has 8 nitrogen and oxygen atoms in total. The lowest BCUT2D eigenvalue weighted by molar-refractivity contribution is -0.140. The van der Waals surface area contributed by atoms with Gasteiger partial charge >= 0.3 is 0 Å². The van der Waals surface area contributed by atoms with Gasteiger partial charge in [0.05, 0.1) is 17.2 Å². The smallest absolute Gasteiger partial charge is 0.264 e. The maximum Gasteiger partial charge on any atom is 0.264 e. The van der Waals surface area contributed by atoms with Gasteiger partial charge in [-0.1, -0.05) is 97.8 Å². The van der Waals surface area contributed by atoms with Gasteiger partial charge in [-0.3, -0.25) is 13.9 Å². The molecule has 1 saturated carbocycles. The summed E-state index contributed by atoms with van der Waals surface area (Å²) in [5.41, 5.74) is 2.99. The third-order valence-electron chi connectivity index (χ3n) is 8.62. The fourth-order valence-corrected chi connectivity index (χ4v) is 7.51. The Bertz CT molecular complexity index is 1740. The highest BCUT2D eigenvalue weighted by Crippen LogP contribution is 2.33. The molecule has 0 spiro atoms. The number of hydrogen-bond acceptors (Lipinski definition) is 5. The van der Waals surface area contributed by atoms with Crippen LogP contribution in [0.1, 0.15) is 49.3 Å². The van der Waals surface area contributed by atoms with Crippen LogP contribution in [-0.4, -0.2) is 50.4 Å². The van der Waals surface area contributed by atoms with Gasteiger partial charge in [0.2, 0.25) is 11.8 Å². The molecule has 0 radical (unpaired) electrons. The number of sulfonamides is 1. The van der Waals surface area contributed by atoms with Crippen molar-refractivity contribution in [2.45, 2.75) is 69.5 Å². The van der Waals surface area contributed by atoms with Crippen molar-refractivity contribution in [2.75, 3.05) is 17.5 Å². The van der Waals surface area contributed by atoms with Gasteiger partial charge in [-0.05, 0) is 67.6 Å². The van der Waals surface area contributed by atoms with Crippen LogP contribution in [0.15, 0.2) is 114 Å². The molecule has 2 amide bonds. The molecule has 1 aliphatic rings. The van der Waals surface area contributed by atoms with Crippen LogP contribution in [0.2, 0.25) is 0 Å². The predicted octanol–water partition coefficient (Wildman–Crippen LogP) is 6.29. The molecule has 4 aromatic carbocycles. The van der Waals surface area contributed by atoms with Crippen molar-refractivity contribution in [1.29, 1.82) is 0 Å². The molecule has 5 rings (SSSR count). The summed E-state index contributed by atoms with van der Waals surface area (Å²) in [6.07, 6.45) is 4.16.